The van der Waals surface area contributed by atoms with Crippen molar-refractivity contribution in [2.45, 2.75) is 18.0 Å². The van der Waals surface area contributed by atoms with Gasteiger partial charge in [0.25, 0.3) is 5.91 Å². The van der Waals surface area contributed by atoms with Gasteiger partial charge in [-0.2, -0.15) is 0 Å². The number of carbonyl (C=O) groups excluding carboxylic acids is 1. The molecule has 0 radical (unpaired) electrons. The van der Waals surface area contributed by atoms with Crippen LogP contribution in [-0.4, -0.2) is 38.7 Å². The van der Waals surface area contributed by atoms with Gasteiger partial charge in [-0.1, -0.05) is 0 Å². The number of likely N-dealkylation sites (tertiary alicyclic amines) is 1. The first-order valence-corrected chi connectivity index (χ1v) is 5.02. The van der Waals surface area contributed by atoms with E-state index in [2.05, 4.69) is 22.8 Å². The maximum atomic E-state index is 11.8. The Morgan fingerprint density at radius 3 is 2.50 bits per heavy atom. The molecule has 1 aliphatic rings. The summed E-state index contributed by atoms with van der Waals surface area (Å²) in [5.41, 5.74) is 0. The van der Waals surface area contributed by atoms with Crippen molar-refractivity contribution in [1.82, 2.24) is 19.7 Å². The van der Waals surface area contributed by atoms with E-state index in [-0.39, 0.29) is 5.91 Å². The van der Waals surface area contributed by atoms with Crippen LogP contribution in [0.25, 0.3) is 0 Å². The molecule has 1 aromatic heterocycles. The van der Waals surface area contributed by atoms with E-state index in [1.165, 1.54) is 0 Å². The lowest BCUT2D eigenvalue weighted by atomic mass is 10.4. The minimum absolute atomic E-state index is 0.0437. The topological polar surface area (TPSA) is 51.0 Å². The quantitative estimate of drug-likeness (QED) is 0.683. The standard InChI is InChI=1S/C8H12N4OS/c1-11-6(9-10-8(11)14)7(13)12-4-2-3-5-12/h2-5H2,1H3,(H,10,14). The molecular weight excluding hydrogens is 200 g/mol. The number of thiol groups is 1. The molecular formula is C8H12N4OS. The number of hydrogen-bond donors (Lipinski definition) is 1. The number of hydrogen-bond acceptors (Lipinski definition) is 4. The average Bonchev–Trinajstić information content (AvgIpc) is 2.77. The van der Waals surface area contributed by atoms with Crippen LogP contribution in [0.1, 0.15) is 23.5 Å². The molecule has 2 heterocycles. The summed E-state index contributed by atoms with van der Waals surface area (Å²) in [7, 11) is 1.74. The minimum atomic E-state index is -0.0437. The second-order valence-electron chi connectivity index (χ2n) is 3.38. The maximum absolute atomic E-state index is 11.8. The van der Waals surface area contributed by atoms with Gasteiger partial charge in [-0.25, -0.2) is 0 Å². The molecule has 1 aliphatic heterocycles. The summed E-state index contributed by atoms with van der Waals surface area (Å²) in [6.45, 7) is 1.65. The van der Waals surface area contributed by atoms with E-state index in [9.17, 15) is 4.79 Å². The fourth-order valence-electron chi connectivity index (χ4n) is 1.57. The van der Waals surface area contributed by atoms with Gasteiger partial charge in [0.2, 0.25) is 5.82 Å². The summed E-state index contributed by atoms with van der Waals surface area (Å²) in [6, 6.07) is 0. The Labute approximate surface area is 87.5 Å². The Balaban J connectivity index is 2.22. The van der Waals surface area contributed by atoms with Crippen LogP contribution < -0.4 is 0 Å². The first kappa shape index (κ1) is 9.51. The van der Waals surface area contributed by atoms with Crippen LogP contribution in [0.2, 0.25) is 0 Å². The van der Waals surface area contributed by atoms with Gasteiger partial charge < -0.3 is 9.47 Å². The number of amides is 1. The van der Waals surface area contributed by atoms with Crippen molar-refractivity contribution in [3.05, 3.63) is 5.82 Å². The molecule has 5 nitrogen and oxygen atoms in total. The van der Waals surface area contributed by atoms with E-state index >= 15 is 0 Å². The molecule has 2 rings (SSSR count). The summed E-state index contributed by atoms with van der Waals surface area (Å²) in [5, 5.41) is 8.01. The molecule has 1 saturated heterocycles. The lowest BCUT2D eigenvalue weighted by molar-refractivity contribution is 0.0776. The molecule has 0 saturated carbocycles. The van der Waals surface area contributed by atoms with Crippen LogP contribution in [0.3, 0.4) is 0 Å². The van der Waals surface area contributed by atoms with Crippen molar-refractivity contribution in [2.24, 2.45) is 7.05 Å². The Morgan fingerprint density at radius 2 is 2.00 bits per heavy atom. The zero-order valence-electron chi connectivity index (χ0n) is 7.97. The van der Waals surface area contributed by atoms with Crippen LogP contribution in [-0.2, 0) is 7.05 Å². The van der Waals surface area contributed by atoms with Crippen LogP contribution in [0.5, 0.6) is 0 Å². The largest absolute Gasteiger partial charge is 0.336 e. The molecule has 0 aromatic carbocycles. The highest BCUT2D eigenvalue weighted by molar-refractivity contribution is 7.80. The molecule has 0 unspecified atom stereocenters. The van der Waals surface area contributed by atoms with Crippen molar-refractivity contribution in [1.29, 1.82) is 0 Å². The lowest BCUT2D eigenvalue weighted by Gasteiger charge is -2.13. The van der Waals surface area contributed by atoms with Gasteiger partial charge in [0.15, 0.2) is 5.16 Å². The number of rotatable bonds is 1. The van der Waals surface area contributed by atoms with E-state index in [0.29, 0.717) is 11.0 Å². The molecule has 1 aromatic rings. The predicted octanol–water partition coefficient (Wildman–Crippen LogP) is 0.340. The molecule has 0 N–H and O–H groups in total. The van der Waals surface area contributed by atoms with E-state index < -0.39 is 0 Å². The van der Waals surface area contributed by atoms with Crippen LogP contribution in [0.4, 0.5) is 0 Å². The van der Waals surface area contributed by atoms with Crippen molar-refractivity contribution in [3.8, 4) is 0 Å². The summed E-state index contributed by atoms with van der Waals surface area (Å²) in [4.78, 5) is 13.7. The van der Waals surface area contributed by atoms with E-state index in [1.807, 2.05) is 0 Å². The predicted molar refractivity (Wildman–Crippen MR) is 53.4 cm³/mol. The monoisotopic (exact) mass is 212 g/mol. The summed E-state index contributed by atoms with van der Waals surface area (Å²) in [5.74, 6) is 0.328. The molecule has 1 fully saturated rings. The zero-order chi connectivity index (χ0) is 10.1. The third-order valence-corrected chi connectivity index (χ3v) is 2.83. The minimum Gasteiger partial charge on any atom is -0.336 e. The van der Waals surface area contributed by atoms with Gasteiger partial charge in [-0.05, 0) is 12.8 Å². The Kier molecular flexibility index (Phi) is 2.45. The average molecular weight is 212 g/mol. The maximum Gasteiger partial charge on any atom is 0.291 e. The van der Waals surface area contributed by atoms with Crippen LogP contribution in [0, 0.1) is 0 Å². The molecule has 0 spiro atoms. The van der Waals surface area contributed by atoms with Gasteiger partial charge in [-0.3, -0.25) is 4.79 Å². The van der Waals surface area contributed by atoms with Gasteiger partial charge in [-0.15, -0.1) is 22.8 Å². The molecule has 0 aliphatic carbocycles. The first-order valence-electron chi connectivity index (χ1n) is 4.58. The third kappa shape index (κ3) is 1.50. The van der Waals surface area contributed by atoms with Crippen molar-refractivity contribution < 1.29 is 4.79 Å². The normalized spacial score (nSPS) is 16.3. The SMILES string of the molecule is Cn1c(S)nnc1C(=O)N1CCCC1. The molecule has 76 valence electrons. The van der Waals surface area contributed by atoms with Crippen molar-refractivity contribution >= 4 is 18.5 Å². The number of aromatic nitrogens is 3. The first-order chi connectivity index (χ1) is 6.70. The van der Waals surface area contributed by atoms with Crippen molar-refractivity contribution in [2.75, 3.05) is 13.1 Å². The van der Waals surface area contributed by atoms with Gasteiger partial charge in [0, 0.05) is 20.1 Å². The fraction of sp³-hybridized carbons (Fsp3) is 0.625. The lowest BCUT2D eigenvalue weighted by Crippen LogP contribution is -2.29. The Bertz CT molecular complexity index is 356. The van der Waals surface area contributed by atoms with Gasteiger partial charge in [0.05, 0.1) is 0 Å². The highest BCUT2D eigenvalue weighted by Crippen LogP contribution is 2.12. The highest BCUT2D eigenvalue weighted by Gasteiger charge is 2.23. The Hall–Kier alpha value is -1.04. The molecule has 14 heavy (non-hydrogen) atoms. The third-order valence-electron chi connectivity index (χ3n) is 2.44. The smallest absolute Gasteiger partial charge is 0.291 e. The zero-order valence-corrected chi connectivity index (χ0v) is 8.87. The van der Waals surface area contributed by atoms with Crippen LogP contribution in [0.15, 0.2) is 5.16 Å². The summed E-state index contributed by atoms with van der Waals surface area (Å²) in [6.07, 6.45) is 2.16. The second kappa shape index (κ2) is 3.61. The van der Waals surface area contributed by atoms with Gasteiger partial charge in [0.1, 0.15) is 0 Å². The molecule has 0 atom stereocenters. The second-order valence-corrected chi connectivity index (χ2v) is 3.78. The highest BCUT2D eigenvalue weighted by atomic mass is 32.1. The van der Waals surface area contributed by atoms with Crippen LogP contribution >= 0.6 is 12.6 Å². The summed E-state index contributed by atoms with van der Waals surface area (Å²) < 4.78 is 1.60. The molecule has 1 amide bonds. The molecule has 0 bridgehead atoms. The number of nitrogens with zero attached hydrogens (tertiary/aromatic N) is 4. The summed E-state index contributed by atoms with van der Waals surface area (Å²) >= 11 is 4.07. The van der Waals surface area contributed by atoms with E-state index in [1.54, 1.807) is 16.5 Å². The van der Waals surface area contributed by atoms with Gasteiger partial charge >= 0.3 is 0 Å². The van der Waals surface area contributed by atoms with E-state index in [4.69, 9.17) is 0 Å². The van der Waals surface area contributed by atoms with Crippen molar-refractivity contribution in [3.63, 3.8) is 0 Å². The molecule has 6 heteroatoms. The Morgan fingerprint density at radius 1 is 1.36 bits per heavy atom. The van der Waals surface area contributed by atoms with E-state index in [0.717, 1.165) is 25.9 Å². The fourth-order valence-corrected chi connectivity index (χ4v) is 1.71. The number of carbonyl (C=O) groups is 1.